The molecule has 0 aliphatic heterocycles. The van der Waals surface area contributed by atoms with Crippen molar-refractivity contribution in [2.75, 3.05) is 19.6 Å². The Morgan fingerprint density at radius 1 is 1.05 bits per heavy atom. The number of nitrogens with zero attached hydrogens (tertiary/aromatic N) is 1. The average Bonchev–Trinajstić information content (AvgIpc) is 2.91. The van der Waals surface area contributed by atoms with Crippen LogP contribution in [0.2, 0.25) is 0 Å². The van der Waals surface area contributed by atoms with Crippen LogP contribution < -0.4 is 5.32 Å². The predicted octanol–water partition coefficient (Wildman–Crippen LogP) is 4.15. The molecule has 1 atom stereocenters. The maximum atomic E-state index is 5.36. The van der Waals surface area contributed by atoms with Crippen LogP contribution in [0.15, 0.2) is 22.8 Å². The van der Waals surface area contributed by atoms with Crippen molar-refractivity contribution in [1.82, 2.24) is 10.2 Å². The van der Waals surface area contributed by atoms with Crippen LogP contribution in [0.1, 0.15) is 53.2 Å². The molecule has 1 unspecified atom stereocenters. The second-order valence-electron chi connectivity index (χ2n) is 6.96. The fourth-order valence-electron chi connectivity index (χ4n) is 2.35. The quantitative estimate of drug-likeness (QED) is 0.664. The first kappa shape index (κ1) is 18.2. The third-order valence-electron chi connectivity index (χ3n) is 3.93. The molecule has 1 aromatic heterocycles. The van der Waals surface area contributed by atoms with E-state index in [9.17, 15) is 0 Å². The van der Waals surface area contributed by atoms with Gasteiger partial charge in [-0.1, -0.05) is 27.7 Å². The van der Waals surface area contributed by atoms with Crippen LogP contribution in [-0.2, 0) is 6.54 Å². The number of nitrogens with one attached hydrogen (secondary N) is 1. The highest BCUT2D eigenvalue weighted by Crippen LogP contribution is 2.10. The fourth-order valence-corrected chi connectivity index (χ4v) is 2.35. The molecular formula is C18H34N2O. The summed E-state index contributed by atoms with van der Waals surface area (Å²) in [6.45, 7) is 15.8. The molecule has 0 spiro atoms. The SMILES string of the molecule is CC(C)CCN(CCC(C)C)C(C)CNCc1ccco1. The Bertz CT molecular complexity index is 334. The number of rotatable bonds is 11. The van der Waals surface area contributed by atoms with Gasteiger partial charge in [-0.05, 0) is 56.8 Å². The monoisotopic (exact) mass is 294 g/mol. The van der Waals surface area contributed by atoms with Crippen molar-refractivity contribution in [2.45, 2.75) is 60.0 Å². The minimum absolute atomic E-state index is 0.567. The lowest BCUT2D eigenvalue weighted by atomic mass is 10.1. The second-order valence-corrected chi connectivity index (χ2v) is 6.96. The Morgan fingerprint density at radius 3 is 2.14 bits per heavy atom. The Hall–Kier alpha value is -0.800. The summed E-state index contributed by atoms with van der Waals surface area (Å²) in [6, 6.07) is 4.53. The van der Waals surface area contributed by atoms with Gasteiger partial charge >= 0.3 is 0 Å². The maximum absolute atomic E-state index is 5.36. The van der Waals surface area contributed by atoms with Gasteiger partial charge < -0.3 is 9.73 Å². The van der Waals surface area contributed by atoms with Gasteiger partial charge in [0.15, 0.2) is 0 Å². The van der Waals surface area contributed by atoms with Crippen molar-refractivity contribution in [3.63, 3.8) is 0 Å². The summed E-state index contributed by atoms with van der Waals surface area (Å²) in [7, 11) is 0. The fraction of sp³-hybridized carbons (Fsp3) is 0.778. The molecule has 1 heterocycles. The molecule has 3 heteroatoms. The minimum atomic E-state index is 0.567. The molecule has 0 saturated heterocycles. The summed E-state index contributed by atoms with van der Waals surface area (Å²) in [5.74, 6) is 2.56. The highest BCUT2D eigenvalue weighted by molar-refractivity contribution is 4.97. The highest BCUT2D eigenvalue weighted by atomic mass is 16.3. The van der Waals surface area contributed by atoms with E-state index in [1.807, 2.05) is 12.1 Å². The van der Waals surface area contributed by atoms with E-state index in [-0.39, 0.29) is 0 Å². The van der Waals surface area contributed by atoms with Crippen molar-refractivity contribution in [2.24, 2.45) is 11.8 Å². The van der Waals surface area contributed by atoms with Gasteiger partial charge in [0.25, 0.3) is 0 Å². The zero-order valence-corrected chi connectivity index (χ0v) is 14.6. The smallest absolute Gasteiger partial charge is 0.117 e. The Balaban J connectivity index is 2.35. The van der Waals surface area contributed by atoms with Crippen molar-refractivity contribution in [3.8, 4) is 0 Å². The first-order valence-corrected chi connectivity index (χ1v) is 8.46. The van der Waals surface area contributed by atoms with E-state index >= 15 is 0 Å². The highest BCUT2D eigenvalue weighted by Gasteiger charge is 2.14. The third-order valence-corrected chi connectivity index (χ3v) is 3.93. The van der Waals surface area contributed by atoms with Crippen LogP contribution in [0.5, 0.6) is 0 Å². The van der Waals surface area contributed by atoms with Crippen molar-refractivity contribution < 1.29 is 4.42 Å². The van der Waals surface area contributed by atoms with Gasteiger partial charge in [0, 0.05) is 12.6 Å². The van der Waals surface area contributed by atoms with E-state index < -0.39 is 0 Å². The van der Waals surface area contributed by atoms with Gasteiger partial charge in [-0.3, -0.25) is 4.90 Å². The molecule has 1 rings (SSSR count). The zero-order chi connectivity index (χ0) is 15.7. The summed E-state index contributed by atoms with van der Waals surface area (Å²) < 4.78 is 5.36. The summed E-state index contributed by atoms with van der Waals surface area (Å²) in [4.78, 5) is 2.63. The van der Waals surface area contributed by atoms with Gasteiger partial charge in [-0.25, -0.2) is 0 Å². The van der Waals surface area contributed by atoms with Crippen LogP contribution in [0.4, 0.5) is 0 Å². The molecule has 0 aromatic carbocycles. The van der Waals surface area contributed by atoms with Gasteiger partial charge in [0.1, 0.15) is 5.76 Å². The van der Waals surface area contributed by atoms with E-state index in [4.69, 9.17) is 4.42 Å². The summed E-state index contributed by atoms with van der Waals surface area (Å²) >= 11 is 0. The van der Waals surface area contributed by atoms with Crippen LogP contribution in [-0.4, -0.2) is 30.6 Å². The molecular weight excluding hydrogens is 260 g/mol. The zero-order valence-electron chi connectivity index (χ0n) is 14.6. The molecule has 1 N–H and O–H groups in total. The molecule has 0 amide bonds. The van der Waals surface area contributed by atoms with Crippen molar-refractivity contribution in [1.29, 1.82) is 0 Å². The molecule has 0 aliphatic carbocycles. The first-order valence-electron chi connectivity index (χ1n) is 8.46. The summed E-state index contributed by atoms with van der Waals surface area (Å²) in [5.41, 5.74) is 0. The van der Waals surface area contributed by atoms with E-state index in [1.165, 1.54) is 25.9 Å². The molecule has 0 bridgehead atoms. The average molecular weight is 294 g/mol. The van der Waals surface area contributed by atoms with E-state index in [2.05, 4.69) is 44.8 Å². The Morgan fingerprint density at radius 2 is 1.67 bits per heavy atom. The number of furan rings is 1. The van der Waals surface area contributed by atoms with Gasteiger partial charge in [-0.2, -0.15) is 0 Å². The Labute approximate surface area is 131 Å². The maximum Gasteiger partial charge on any atom is 0.117 e. The molecule has 0 aliphatic rings. The van der Waals surface area contributed by atoms with Crippen LogP contribution >= 0.6 is 0 Å². The van der Waals surface area contributed by atoms with E-state index in [1.54, 1.807) is 6.26 Å². The van der Waals surface area contributed by atoms with Crippen LogP contribution in [0, 0.1) is 11.8 Å². The summed E-state index contributed by atoms with van der Waals surface area (Å²) in [5, 5.41) is 3.51. The largest absolute Gasteiger partial charge is 0.468 e. The summed E-state index contributed by atoms with van der Waals surface area (Å²) in [6.07, 6.45) is 4.29. The van der Waals surface area contributed by atoms with Crippen LogP contribution in [0.3, 0.4) is 0 Å². The van der Waals surface area contributed by atoms with E-state index in [0.29, 0.717) is 6.04 Å². The Kier molecular flexibility index (Phi) is 8.70. The standard InChI is InChI=1S/C18H34N2O/c1-15(2)8-10-20(11-9-16(3)4)17(5)13-19-14-18-7-6-12-21-18/h6-7,12,15-17,19H,8-11,13-14H2,1-5H3. The third kappa shape index (κ3) is 8.27. The molecule has 0 saturated carbocycles. The normalized spacial score (nSPS) is 13.5. The molecule has 1 aromatic rings. The molecule has 0 radical (unpaired) electrons. The van der Waals surface area contributed by atoms with Gasteiger partial charge in [0.05, 0.1) is 12.8 Å². The van der Waals surface area contributed by atoms with Gasteiger partial charge in [0.2, 0.25) is 0 Å². The number of hydrogen-bond donors (Lipinski definition) is 1. The van der Waals surface area contributed by atoms with Gasteiger partial charge in [-0.15, -0.1) is 0 Å². The molecule has 21 heavy (non-hydrogen) atoms. The van der Waals surface area contributed by atoms with E-state index in [0.717, 1.165) is 30.7 Å². The molecule has 3 nitrogen and oxygen atoms in total. The van der Waals surface area contributed by atoms with Crippen molar-refractivity contribution >= 4 is 0 Å². The lowest BCUT2D eigenvalue weighted by Gasteiger charge is -2.30. The minimum Gasteiger partial charge on any atom is -0.468 e. The lowest BCUT2D eigenvalue weighted by Crippen LogP contribution is -2.42. The lowest BCUT2D eigenvalue weighted by molar-refractivity contribution is 0.183. The molecule has 122 valence electrons. The first-order chi connectivity index (χ1) is 9.99. The van der Waals surface area contributed by atoms with Crippen molar-refractivity contribution in [3.05, 3.63) is 24.2 Å². The second kappa shape index (κ2) is 10.0. The number of hydrogen-bond acceptors (Lipinski definition) is 3. The van der Waals surface area contributed by atoms with Crippen LogP contribution in [0.25, 0.3) is 0 Å². The topological polar surface area (TPSA) is 28.4 Å². The molecule has 0 fully saturated rings. The predicted molar refractivity (Wildman–Crippen MR) is 90.4 cm³/mol.